The molecule has 0 aliphatic rings. The molecule has 0 aromatic carbocycles. The highest BCUT2D eigenvalue weighted by molar-refractivity contribution is 5.84. The summed E-state index contributed by atoms with van der Waals surface area (Å²) in [6.07, 6.45) is 15.8. The summed E-state index contributed by atoms with van der Waals surface area (Å²) < 4.78 is 25.9. The van der Waals surface area contributed by atoms with Crippen molar-refractivity contribution in [2.24, 2.45) is 5.18 Å². The van der Waals surface area contributed by atoms with Crippen molar-refractivity contribution >= 4 is 41.5 Å². The minimum Gasteiger partial charge on any atom is -0.480 e. The fraction of sp³-hybridized carbons (Fsp3) is 0.825. The number of methoxy groups -OCH3 is 1. The number of carboxylic acids is 1. The smallest absolute Gasteiger partial charge is 0.357 e. The summed E-state index contributed by atoms with van der Waals surface area (Å²) in [5.41, 5.74) is 2.03. The molecule has 0 aliphatic carbocycles. The molecule has 346 valence electrons. The number of carboxylic acid groups (broad SMARTS) is 1. The molecule has 5 amide bonds. The van der Waals surface area contributed by atoms with Crippen LogP contribution in [0.25, 0.3) is 0 Å². The second-order valence-corrected chi connectivity index (χ2v) is 14.1. The van der Waals surface area contributed by atoms with Crippen LogP contribution in [0.2, 0.25) is 0 Å². The van der Waals surface area contributed by atoms with Gasteiger partial charge < -0.3 is 49.6 Å². The predicted octanol–water partition coefficient (Wildman–Crippen LogP) is 3.17. The topological polar surface area (TPSA) is 273 Å². The van der Waals surface area contributed by atoms with E-state index >= 15 is 0 Å². The van der Waals surface area contributed by atoms with E-state index < -0.39 is 29.8 Å². The number of aliphatic carboxylic acids is 1. The number of nitroso groups, excluding NO2 is 1. The molecule has 20 heteroatoms. The highest BCUT2D eigenvalue weighted by Gasteiger charge is 2.21. The van der Waals surface area contributed by atoms with E-state index in [-0.39, 0.29) is 116 Å². The third kappa shape index (κ3) is 39.4. The Morgan fingerprint density at radius 3 is 1.53 bits per heavy atom. The molecule has 0 spiro atoms. The van der Waals surface area contributed by atoms with Crippen molar-refractivity contribution in [2.45, 2.75) is 134 Å². The summed E-state index contributed by atoms with van der Waals surface area (Å²) in [6.45, 7) is 1.32. The number of hydrogen-bond acceptors (Lipinski definition) is 14. The number of hydroxylamine groups is 1. The molecular formula is C40H71N5O15. The van der Waals surface area contributed by atoms with Crippen LogP contribution in [-0.2, 0) is 62.1 Å². The van der Waals surface area contributed by atoms with E-state index in [2.05, 4.69) is 26.0 Å². The van der Waals surface area contributed by atoms with Gasteiger partial charge in [0.2, 0.25) is 17.7 Å². The number of nitrogens with one attached hydrogen (secondary N) is 4. The SMILES string of the molecule is COCCCC(=O)NOC(=O)COCCOCCNC(=O)COCCOCCNC(=O)CC[C@H](NC(=O)CCCCCCCCCCCCCCCCC(=O)N=O)C(=O)O. The number of unbranched alkanes of at least 4 members (excludes halogenated alkanes) is 13. The number of carbonyl (C=O) groups is 7. The highest BCUT2D eigenvalue weighted by atomic mass is 16.7. The van der Waals surface area contributed by atoms with Crippen LogP contribution in [0.1, 0.15) is 128 Å². The molecule has 0 aromatic heterocycles. The van der Waals surface area contributed by atoms with Gasteiger partial charge in [0, 0.05) is 57.7 Å². The maximum Gasteiger partial charge on any atom is 0.357 e. The summed E-state index contributed by atoms with van der Waals surface area (Å²) in [5.74, 6) is -4.00. The Morgan fingerprint density at radius 2 is 1.00 bits per heavy atom. The molecule has 0 unspecified atom stereocenters. The normalized spacial score (nSPS) is 11.3. The molecule has 0 fully saturated rings. The first-order valence-corrected chi connectivity index (χ1v) is 21.3. The number of rotatable bonds is 42. The van der Waals surface area contributed by atoms with Crippen molar-refractivity contribution < 1.29 is 67.2 Å². The zero-order valence-electron chi connectivity index (χ0n) is 35.6. The lowest BCUT2D eigenvalue weighted by Gasteiger charge is -2.14. The van der Waals surface area contributed by atoms with Crippen molar-refractivity contribution in [3.63, 3.8) is 0 Å². The van der Waals surface area contributed by atoms with Crippen molar-refractivity contribution in [3.8, 4) is 0 Å². The zero-order chi connectivity index (χ0) is 44.3. The molecule has 0 heterocycles. The molecule has 20 nitrogen and oxygen atoms in total. The first kappa shape index (κ1) is 55.9. The van der Waals surface area contributed by atoms with E-state index in [0.717, 1.165) is 51.4 Å². The van der Waals surface area contributed by atoms with Gasteiger partial charge in [-0.15, -0.1) is 4.91 Å². The average Bonchev–Trinajstić information content (AvgIpc) is 3.23. The molecule has 60 heavy (non-hydrogen) atoms. The average molecular weight is 862 g/mol. The molecule has 0 bridgehead atoms. The third-order valence-corrected chi connectivity index (χ3v) is 8.80. The van der Waals surface area contributed by atoms with Gasteiger partial charge in [-0.1, -0.05) is 77.0 Å². The van der Waals surface area contributed by atoms with E-state index in [1.165, 1.54) is 39.2 Å². The summed E-state index contributed by atoms with van der Waals surface area (Å²) in [7, 11) is 1.52. The Balaban J connectivity index is 3.66. The third-order valence-electron chi connectivity index (χ3n) is 8.80. The van der Waals surface area contributed by atoms with Crippen molar-refractivity contribution in [1.29, 1.82) is 0 Å². The summed E-state index contributed by atoms with van der Waals surface area (Å²) >= 11 is 0. The lowest BCUT2D eigenvalue weighted by Crippen LogP contribution is -2.41. The Hall–Kier alpha value is -4.11. The molecule has 0 saturated carbocycles. The fourth-order valence-corrected chi connectivity index (χ4v) is 5.52. The first-order valence-electron chi connectivity index (χ1n) is 21.3. The Labute approximate surface area is 353 Å². The van der Waals surface area contributed by atoms with Gasteiger partial charge in [0.05, 0.1) is 39.6 Å². The number of carbonyl (C=O) groups excluding carboxylic acids is 6. The molecular weight excluding hydrogens is 790 g/mol. The molecule has 0 rings (SSSR count). The van der Waals surface area contributed by atoms with Gasteiger partial charge in [-0.3, -0.25) is 24.0 Å². The van der Waals surface area contributed by atoms with Gasteiger partial charge in [-0.05, 0) is 25.7 Å². The maximum absolute atomic E-state index is 12.3. The highest BCUT2D eigenvalue weighted by Crippen LogP contribution is 2.14. The lowest BCUT2D eigenvalue weighted by molar-refractivity contribution is -0.163. The van der Waals surface area contributed by atoms with Crippen LogP contribution in [0.4, 0.5) is 0 Å². The van der Waals surface area contributed by atoms with Crippen molar-refractivity contribution in [1.82, 2.24) is 21.4 Å². The molecule has 0 radical (unpaired) electrons. The Bertz CT molecular complexity index is 1190. The number of hydrogen-bond donors (Lipinski definition) is 5. The van der Waals surface area contributed by atoms with Gasteiger partial charge in [-0.25, -0.2) is 9.59 Å². The minimum absolute atomic E-state index is 0.0372. The van der Waals surface area contributed by atoms with E-state index in [0.29, 0.717) is 19.4 Å². The summed E-state index contributed by atoms with van der Waals surface area (Å²) in [6, 6.07) is -1.15. The summed E-state index contributed by atoms with van der Waals surface area (Å²) in [5, 5.41) is 19.7. The predicted molar refractivity (Wildman–Crippen MR) is 218 cm³/mol. The molecule has 1 atom stereocenters. The molecule has 0 aromatic rings. The van der Waals surface area contributed by atoms with Gasteiger partial charge in [0.15, 0.2) is 0 Å². The minimum atomic E-state index is -1.19. The quantitative estimate of drug-likeness (QED) is 0.0335. The van der Waals surface area contributed by atoms with E-state index in [4.69, 9.17) is 23.7 Å². The van der Waals surface area contributed by atoms with Crippen LogP contribution in [0.15, 0.2) is 5.18 Å². The monoisotopic (exact) mass is 861 g/mol. The standard InChI is InChI=1S/C40H71N5O15/c1-55-24-16-19-37(49)45-60-39(51)32-59-30-28-57-26-23-42-38(50)31-58-29-27-56-25-22-41-34(46)21-20-33(40(52)53)43-35(47)17-14-12-10-8-6-4-2-3-5-7-9-11-13-15-18-36(48)44-54/h33H,2-32H2,1H3,(H,41,46)(H,42,50)(H,43,47)(H,45,49)(H,52,53)/t33-/m0/s1. The largest absolute Gasteiger partial charge is 0.480 e. The zero-order valence-corrected chi connectivity index (χ0v) is 35.6. The van der Waals surface area contributed by atoms with E-state index in [1.807, 2.05) is 5.48 Å². The first-order chi connectivity index (χ1) is 29.1. The Morgan fingerprint density at radius 1 is 0.517 bits per heavy atom. The number of ether oxygens (including phenoxy) is 5. The van der Waals surface area contributed by atoms with Crippen LogP contribution in [-0.4, -0.2) is 132 Å². The van der Waals surface area contributed by atoms with Crippen molar-refractivity contribution in [3.05, 3.63) is 4.91 Å². The maximum atomic E-state index is 12.3. The van der Waals surface area contributed by atoms with Gasteiger partial charge in [-0.2, -0.15) is 5.48 Å². The van der Waals surface area contributed by atoms with Gasteiger partial charge >= 0.3 is 11.9 Å². The van der Waals surface area contributed by atoms with Crippen LogP contribution >= 0.6 is 0 Å². The summed E-state index contributed by atoms with van der Waals surface area (Å²) in [4.78, 5) is 96.4. The van der Waals surface area contributed by atoms with E-state index in [1.54, 1.807) is 0 Å². The van der Waals surface area contributed by atoms with Gasteiger partial charge in [0.25, 0.3) is 11.8 Å². The van der Waals surface area contributed by atoms with E-state index in [9.17, 15) is 43.6 Å². The second kappa shape index (κ2) is 41.6. The second-order valence-electron chi connectivity index (χ2n) is 14.1. The molecule has 0 saturated heterocycles. The van der Waals surface area contributed by atoms with Gasteiger partial charge in [0.1, 0.15) is 19.3 Å². The number of amides is 5. The molecule has 0 aliphatic heterocycles. The lowest BCUT2D eigenvalue weighted by atomic mass is 10.0. The van der Waals surface area contributed by atoms with Crippen LogP contribution < -0.4 is 21.4 Å². The molecule has 5 N–H and O–H groups in total. The fourth-order valence-electron chi connectivity index (χ4n) is 5.52. The Kier molecular flexibility index (Phi) is 38.8. The van der Waals surface area contributed by atoms with Crippen molar-refractivity contribution in [2.75, 3.05) is 79.7 Å². The van der Waals surface area contributed by atoms with Crippen LogP contribution in [0.5, 0.6) is 0 Å². The van der Waals surface area contributed by atoms with Crippen LogP contribution in [0.3, 0.4) is 0 Å². The van der Waals surface area contributed by atoms with Crippen LogP contribution in [0, 0.1) is 4.91 Å². The number of nitrogens with zero attached hydrogens (tertiary/aromatic N) is 1.